The van der Waals surface area contributed by atoms with Gasteiger partial charge in [0, 0.05) is 105 Å². The number of aromatic nitrogens is 18. The molecule has 15 heterocycles. The summed E-state index contributed by atoms with van der Waals surface area (Å²) in [5.41, 5.74) is 4.05. The average molecular weight is 1710 g/mol. The lowest BCUT2D eigenvalue weighted by molar-refractivity contribution is 0.0897. The molecule has 3 aliphatic heterocycles. The molecule has 6 aliphatic rings. The average Bonchev–Trinajstić information content (AvgIpc) is 1.35. The number of H-pyrrole nitrogens is 2. The summed E-state index contributed by atoms with van der Waals surface area (Å²) in [6, 6.07) is 13.5. The summed E-state index contributed by atoms with van der Waals surface area (Å²) in [6.07, 6.45) is 24.7. The van der Waals surface area contributed by atoms with Gasteiger partial charge in [-0.15, -0.1) is 0 Å². The van der Waals surface area contributed by atoms with E-state index in [4.69, 9.17) is 54.5 Å². The van der Waals surface area contributed by atoms with Crippen LogP contribution in [0.2, 0.25) is 66.4 Å². The lowest BCUT2D eigenvalue weighted by Crippen LogP contribution is -2.45. The van der Waals surface area contributed by atoms with Crippen LogP contribution in [0.4, 0.5) is 17.5 Å². The first-order chi connectivity index (χ1) is 51.6. The molecule has 3 atom stereocenters. The second-order valence-electron chi connectivity index (χ2n) is 30.7. The predicted molar refractivity (Wildman–Crippen MR) is 448 cm³/mol. The molecule has 18 rings (SSSR count). The Labute approximate surface area is 679 Å². The van der Waals surface area contributed by atoms with Gasteiger partial charge in [0.25, 0.3) is 16.7 Å². The maximum Gasteiger partial charge on any atom is 0.279 e. The molecule has 2 N–H and O–H groups in total. The third kappa shape index (κ3) is 16.6. The number of ether oxygens (including phenoxy) is 2. The van der Waals surface area contributed by atoms with Crippen LogP contribution in [-0.2, 0) is 36.0 Å². The highest BCUT2D eigenvalue weighted by molar-refractivity contribution is 9.09. The van der Waals surface area contributed by atoms with Crippen molar-refractivity contribution in [3.8, 4) is 18.2 Å². The molecular weight excluding hydrogens is 1620 g/mol. The number of nitriles is 3. The van der Waals surface area contributed by atoms with Gasteiger partial charge in [0.15, 0.2) is 17.5 Å². The van der Waals surface area contributed by atoms with Gasteiger partial charge < -0.3 is 43.3 Å². The number of alkyl halides is 1. The van der Waals surface area contributed by atoms with Crippen LogP contribution >= 0.6 is 91.2 Å². The largest absolute Gasteiger partial charge is 0.361 e. The summed E-state index contributed by atoms with van der Waals surface area (Å²) in [6.45, 7) is 19.4. The lowest BCUT2D eigenvalue weighted by atomic mass is 10.0. The Balaban J connectivity index is 0.000000147. The molecule has 6 fully saturated rings. The van der Waals surface area contributed by atoms with Crippen molar-refractivity contribution in [2.24, 2.45) is 17.8 Å². The van der Waals surface area contributed by atoms with E-state index in [-0.39, 0.29) is 75.3 Å². The molecule has 0 aromatic carbocycles. The Morgan fingerprint density at radius 1 is 0.527 bits per heavy atom. The van der Waals surface area contributed by atoms with E-state index in [1.165, 1.54) is 41.7 Å². The zero-order chi connectivity index (χ0) is 74.7. The van der Waals surface area contributed by atoms with Crippen molar-refractivity contribution < 1.29 is 9.47 Å². The third-order valence-corrected chi connectivity index (χ3v) is 25.7. The zero-order valence-electron chi connectivity index (χ0n) is 61.6. The van der Waals surface area contributed by atoms with Crippen LogP contribution in [0, 0.1) is 51.7 Å². The van der Waals surface area contributed by atoms with Gasteiger partial charge in [0.1, 0.15) is 102 Å². The topological polar surface area (TPSA) is 331 Å². The highest BCUT2D eigenvalue weighted by Gasteiger charge is 2.41. The van der Waals surface area contributed by atoms with Gasteiger partial charge in [-0.05, 0) is 106 Å². The predicted octanol–water partition coefficient (Wildman–Crippen LogP) is 12.8. The van der Waals surface area contributed by atoms with E-state index in [1.54, 1.807) is 73.5 Å². The lowest BCUT2D eigenvalue weighted by Gasteiger charge is -2.42. The summed E-state index contributed by atoms with van der Waals surface area (Å²) in [5, 5.41) is 48.0. The number of rotatable bonds is 21. The van der Waals surface area contributed by atoms with Crippen molar-refractivity contribution in [2.45, 2.75) is 154 Å². The standard InChI is InChI=1S/C26H31ClN8O2Si.C22H25ClN8O2Si.C20H17ClN8O.C4H7Br.3H2S/c1-38(2,3)11-10-37-16-32-14-18(12-28)21-24(32)29-15-30-25(21)33-8-7-20(33)23-31-35-9-6-19(27)22(35)26(36)34(23)13-17-4-5-17;1-34(2,3)9-8-33-13-29-11-14(10-24)17-20(29)25-12-26-21(17)30-6-5-16(30)19-27-22(32)18-15(23)4-7-31(18)28-19;21-13-3-6-29-16(13)20(30)28(9-11-1-2-11)18(26-29)14-4-5-27(14)19-15-12(7-22)8-23-17(15)24-10-25-19;5-3-4-1-2-4;;;/h6,9,14-15,17,20H,4-5,7-8,10-11,13,16H2,1-3H3;4,7,11-12,16H,5-6,8-9,13H2,1-3H3,(H,27,28,32);3,6,8,10-11,14H,1-2,4-5,9H2,(H,23,24,25);4H,1-3H2;3*1H2/t20-;16-;14-;;;;/m000..../s1. The Hall–Kier alpha value is -8.26. The maximum absolute atomic E-state index is 13.5. The van der Waals surface area contributed by atoms with Crippen LogP contribution in [-0.4, -0.2) is 141 Å². The van der Waals surface area contributed by atoms with Crippen LogP contribution in [0.1, 0.15) is 110 Å². The summed E-state index contributed by atoms with van der Waals surface area (Å²) in [7, 11) is -2.39. The van der Waals surface area contributed by atoms with Gasteiger partial charge in [-0.1, -0.05) is 90.0 Å². The minimum Gasteiger partial charge on any atom is -0.361 e. The number of nitrogens with zero attached hydrogens (tertiary/aromatic N) is 22. The van der Waals surface area contributed by atoms with Gasteiger partial charge >= 0.3 is 0 Å². The molecule has 0 amide bonds. The van der Waals surface area contributed by atoms with Crippen LogP contribution < -0.4 is 31.4 Å². The first-order valence-corrected chi connectivity index (χ1v) is 45.8. The molecule has 12 aromatic heterocycles. The normalized spacial score (nSPS) is 17.3. The fourth-order valence-corrected chi connectivity index (χ4v) is 16.5. The highest BCUT2D eigenvalue weighted by atomic mass is 79.9. The Morgan fingerprint density at radius 3 is 1.33 bits per heavy atom. The van der Waals surface area contributed by atoms with Crippen molar-refractivity contribution in [1.82, 2.24) is 87.0 Å². The SMILES string of the molecule is BrCC1CC1.C[Si](C)(C)CCOCn1cc(C#N)c2c(N3CC[C@H]3c3nn4ccc(Cl)c4c(=O)[nH]3)ncnc21.C[Si](C)(C)CCOCn1cc(C#N)c2c(N3CC[C@H]3c3nn4ccc(Cl)c4c(=O)n3CC3CC3)ncnc21.N#Cc1c[nH]c2ncnc(N3CC[C@H]3c3nn4ccc(Cl)c4c(=O)n3CC3CC3)c12.S.S.S. The number of hydrogen-bond donors (Lipinski definition) is 2. The van der Waals surface area contributed by atoms with Crippen molar-refractivity contribution in [3.05, 3.63) is 155 Å². The Morgan fingerprint density at radius 2 is 0.936 bits per heavy atom. The fraction of sp³-hybridized carbons (Fsp3) is 0.458. The van der Waals surface area contributed by atoms with Crippen molar-refractivity contribution in [1.29, 1.82) is 15.8 Å². The minimum absolute atomic E-state index is 0. The number of hydrogen-bond acceptors (Lipinski definition) is 20. The first-order valence-electron chi connectivity index (χ1n) is 36.1. The summed E-state index contributed by atoms with van der Waals surface area (Å²) < 4.78 is 23.8. The molecule has 38 heteroatoms. The molecule has 3 saturated heterocycles. The minimum atomic E-state index is -1.20. The number of aromatic amines is 2. The van der Waals surface area contributed by atoms with Gasteiger partial charge in [-0.3, -0.25) is 23.5 Å². The smallest absolute Gasteiger partial charge is 0.279 e. The van der Waals surface area contributed by atoms with Crippen molar-refractivity contribution in [2.75, 3.05) is 52.9 Å². The van der Waals surface area contributed by atoms with Crippen molar-refractivity contribution >= 4 is 174 Å². The zero-order valence-corrected chi connectivity index (χ0v) is 70.5. The van der Waals surface area contributed by atoms with Gasteiger partial charge in [0.05, 0.1) is 66.0 Å². The van der Waals surface area contributed by atoms with E-state index in [2.05, 4.69) is 128 Å². The maximum atomic E-state index is 13.5. The molecule has 578 valence electrons. The third-order valence-electron chi connectivity index (χ3n) is 20.5. The van der Waals surface area contributed by atoms with Crippen LogP contribution in [0.5, 0.6) is 0 Å². The van der Waals surface area contributed by atoms with Crippen LogP contribution in [0.25, 0.3) is 49.7 Å². The molecule has 29 nitrogen and oxygen atoms in total. The number of fused-ring (bicyclic) bond motifs is 6. The first kappa shape index (κ1) is 81.2. The van der Waals surface area contributed by atoms with E-state index in [9.17, 15) is 30.2 Å². The van der Waals surface area contributed by atoms with E-state index in [0.717, 1.165) is 76.0 Å². The van der Waals surface area contributed by atoms with E-state index in [0.29, 0.717) is 174 Å². The molecule has 3 saturated carbocycles. The molecule has 0 bridgehead atoms. The second kappa shape index (κ2) is 33.6. The van der Waals surface area contributed by atoms with E-state index in [1.807, 2.05) is 14.0 Å². The second-order valence-corrected chi connectivity index (χ2v) is 43.8. The molecule has 0 unspecified atom stereocenters. The van der Waals surface area contributed by atoms with Crippen LogP contribution in [0.15, 0.2) is 88.7 Å². The number of halogens is 4. The highest BCUT2D eigenvalue weighted by Crippen LogP contribution is 2.44. The molecule has 3 aliphatic carbocycles. The van der Waals surface area contributed by atoms with E-state index >= 15 is 0 Å². The molecule has 110 heavy (non-hydrogen) atoms. The monoisotopic (exact) mass is 1700 g/mol. The van der Waals surface area contributed by atoms with Gasteiger partial charge in [-0.25, -0.2) is 43.5 Å². The summed E-state index contributed by atoms with van der Waals surface area (Å²) in [5.74, 6) is 5.99. The molecular formula is C72H86BrCl3N24O5S3Si2. The fourth-order valence-electron chi connectivity index (χ4n) is 13.6. The Kier molecular flexibility index (Phi) is 24.8. The van der Waals surface area contributed by atoms with Crippen molar-refractivity contribution in [3.63, 3.8) is 0 Å². The Bertz CT molecular complexity index is 5740. The summed E-state index contributed by atoms with van der Waals surface area (Å²) in [4.78, 5) is 78.3. The van der Waals surface area contributed by atoms with Gasteiger partial charge in [-0.2, -0.15) is 71.6 Å². The van der Waals surface area contributed by atoms with Gasteiger partial charge in [0.2, 0.25) is 0 Å². The quantitative estimate of drug-likeness (QED) is 0.0383. The van der Waals surface area contributed by atoms with Crippen LogP contribution in [0.3, 0.4) is 0 Å². The number of anilines is 3. The molecule has 0 spiro atoms. The van der Waals surface area contributed by atoms with E-state index < -0.39 is 16.1 Å². The summed E-state index contributed by atoms with van der Waals surface area (Å²) >= 11 is 22.1. The molecule has 0 radical (unpaired) electrons. The number of nitrogens with one attached hydrogen (secondary N) is 2. The molecule has 12 aromatic rings.